The maximum atomic E-state index is 10.2. The zero-order valence-electron chi connectivity index (χ0n) is 17.3. The molecule has 1 fully saturated rings. The first-order chi connectivity index (χ1) is 14.4. The summed E-state index contributed by atoms with van der Waals surface area (Å²) in [4.78, 5) is 14.5. The van der Waals surface area contributed by atoms with E-state index in [2.05, 4.69) is 9.97 Å². The van der Waals surface area contributed by atoms with E-state index in [0.29, 0.717) is 16.7 Å². The largest absolute Gasteiger partial charge is 0.481 e. The molecule has 0 amide bonds. The third kappa shape index (κ3) is 4.66. The number of pyridine rings is 2. The first-order valence-electron chi connectivity index (χ1n) is 9.89. The molecule has 3 aromatic rings. The van der Waals surface area contributed by atoms with Gasteiger partial charge in [-0.25, -0.2) is 9.97 Å². The third-order valence-electron chi connectivity index (χ3n) is 4.98. The summed E-state index contributed by atoms with van der Waals surface area (Å²) in [6.07, 6.45) is 5.27. The molecule has 0 spiro atoms. The molecule has 0 atom stereocenters. The zero-order valence-corrected chi connectivity index (χ0v) is 18.1. The van der Waals surface area contributed by atoms with Crippen LogP contribution in [0.5, 0.6) is 5.88 Å². The standard InChI is InChI=1S/C22H25N3O4S/c1-22(2,26)17-6-4-15(12-23-17)19-21(30-16-5-7-18(27-3)24-13-16)29-20(25-19)14-8-10-28-11-9-14/h4-7,12-14,26H,8-11H2,1-3H3. The molecule has 0 saturated carbocycles. The lowest BCUT2D eigenvalue weighted by molar-refractivity contribution is 0.0739. The Morgan fingerprint density at radius 2 is 1.90 bits per heavy atom. The van der Waals surface area contributed by atoms with E-state index in [-0.39, 0.29) is 5.92 Å². The number of methoxy groups -OCH3 is 1. The Morgan fingerprint density at radius 1 is 1.10 bits per heavy atom. The van der Waals surface area contributed by atoms with E-state index in [1.165, 1.54) is 11.8 Å². The van der Waals surface area contributed by atoms with E-state index in [1.807, 2.05) is 24.3 Å². The molecule has 0 unspecified atom stereocenters. The van der Waals surface area contributed by atoms with Crippen molar-refractivity contribution in [2.75, 3.05) is 20.3 Å². The summed E-state index contributed by atoms with van der Waals surface area (Å²) in [6, 6.07) is 7.49. The molecule has 158 valence electrons. The minimum Gasteiger partial charge on any atom is -0.481 e. The first-order valence-corrected chi connectivity index (χ1v) is 10.7. The third-order valence-corrected chi connectivity index (χ3v) is 5.92. The van der Waals surface area contributed by atoms with Gasteiger partial charge < -0.3 is 19.0 Å². The molecule has 8 heteroatoms. The van der Waals surface area contributed by atoms with Gasteiger partial charge in [-0.1, -0.05) is 0 Å². The molecule has 0 radical (unpaired) electrons. The second kappa shape index (κ2) is 8.75. The molecule has 4 heterocycles. The van der Waals surface area contributed by atoms with Gasteiger partial charge in [0, 0.05) is 48.1 Å². The van der Waals surface area contributed by atoms with Crippen LogP contribution in [-0.4, -0.2) is 40.4 Å². The van der Waals surface area contributed by atoms with Crippen LogP contribution in [0.2, 0.25) is 0 Å². The van der Waals surface area contributed by atoms with Gasteiger partial charge in [-0.2, -0.15) is 0 Å². The smallest absolute Gasteiger partial charge is 0.212 e. The summed E-state index contributed by atoms with van der Waals surface area (Å²) in [5.41, 5.74) is 1.19. The summed E-state index contributed by atoms with van der Waals surface area (Å²) < 4.78 is 16.8. The highest BCUT2D eigenvalue weighted by molar-refractivity contribution is 7.99. The molecule has 0 aliphatic carbocycles. The van der Waals surface area contributed by atoms with Gasteiger partial charge in [0.1, 0.15) is 11.3 Å². The number of aliphatic hydroxyl groups is 1. The highest BCUT2D eigenvalue weighted by atomic mass is 32.2. The molecular weight excluding hydrogens is 402 g/mol. The highest BCUT2D eigenvalue weighted by Crippen LogP contribution is 2.39. The molecule has 1 aliphatic heterocycles. The Kier molecular flexibility index (Phi) is 6.08. The Hall–Kier alpha value is -2.42. The van der Waals surface area contributed by atoms with E-state index in [1.54, 1.807) is 33.4 Å². The zero-order chi connectivity index (χ0) is 21.1. The second-order valence-electron chi connectivity index (χ2n) is 7.70. The predicted molar refractivity (Wildman–Crippen MR) is 113 cm³/mol. The monoisotopic (exact) mass is 427 g/mol. The predicted octanol–water partition coefficient (Wildman–Crippen LogP) is 4.41. The fourth-order valence-corrected chi connectivity index (χ4v) is 4.09. The van der Waals surface area contributed by atoms with Crippen LogP contribution in [0.3, 0.4) is 0 Å². The van der Waals surface area contributed by atoms with Crippen molar-refractivity contribution in [3.05, 3.63) is 48.2 Å². The van der Waals surface area contributed by atoms with E-state index < -0.39 is 5.60 Å². The van der Waals surface area contributed by atoms with Gasteiger partial charge in [0.25, 0.3) is 0 Å². The lowest BCUT2D eigenvalue weighted by atomic mass is 10.0. The van der Waals surface area contributed by atoms with Gasteiger partial charge >= 0.3 is 0 Å². The Labute approximate surface area is 179 Å². The van der Waals surface area contributed by atoms with E-state index in [4.69, 9.17) is 18.9 Å². The van der Waals surface area contributed by atoms with Crippen molar-refractivity contribution in [1.82, 2.24) is 15.0 Å². The molecule has 1 saturated heterocycles. The second-order valence-corrected chi connectivity index (χ2v) is 8.75. The van der Waals surface area contributed by atoms with Crippen LogP contribution in [0.15, 0.2) is 51.1 Å². The maximum Gasteiger partial charge on any atom is 0.212 e. The van der Waals surface area contributed by atoms with Gasteiger partial charge in [0.15, 0.2) is 11.0 Å². The van der Waals surface area contributed by atoms with Gasteiger partial charge in [0.05, 0.1) is 12.8 Å². The van der Waals surface area contributed by atoms with Crippen LogP contribution in [0, 0.1) is 0 Å². The quantitative estimate of drug-likeness (QED) is 0.618. The fraction of sp³-hybridized carbons (Fsp3) is 0.409. The molecule has 4 rings (SSSR count). The summed E-state index contributed by atoms with van der Waals surface area (Å²) in [5, 5.41) is 10.9. The van der Waals surface area contributed by atoms with E-state index in [0.717, 1.165) is 48.1 Å². The highest BCUT2D eigenvalue weighted by Gasteiger charge is 2.25. The van der Waals surface area contributed by atoms with Crippen molar-refractivity contribution in [1.29, 1.82) is 0 Å². The average Bonchev–Trinajstić information content (AvgIpc) is 3.18. The maximum absolute atomic E-state index is 10.2. The summed E-state index contributed by atoms with van der Waals surface area (Å²) in [5.74, 6) is 1.53. The molecule has 3 aromatic heterocycles. The molecule has 0 aromatic carbocycles. The molecule has 7 nitrogen and oxygen atoms in total. The van der Waals surface area contributed by atoms with Crippen molar-refractivity contribution in [2.45, 2.75) is 48.2 Å². The van der Waals surface area contributed by atoms with E-state index in [9.17, 15) is 5.11 Å². The normalized spacial score (nSPS) is 15.3. The van der Waals surface area contributed by atoms with Crippen LogP contribution in [0.1, 0.15) is 44.2 Å². The van der Waals surface area contributed by atoms with Crippen molar-refractivity contribution in [3.63, 3.8) is 0 Å². The Bertz CT molecular complexity index is 975. The molecule has 1 N–H and O–H groups in total. The first kappa shape index (κ1) is 20.8. The Balaban J connectivity index is 1.68. The molecule has 30 heavy (non-hydrogen) atoms. The van der Waals surface area contributed by atoms with E-state index >= 15 is 0 Å². The fourth-order valence-electron chi connectivity index (χ4n) is 3.24. The van der Waals surface area contributed by atoms with Crippen molar-refractivity contribution in [2.24, 2.45) is 0 Å². The lowest BCUT2D eigenvalue weighted by Crippen LogP contribution is -2.17. The summed E-state index contributed by atoms with van der Waals surface area (Å²) >= 11 is 1.47. The number of hydrogen-bond acceptors (Lipinski definition) is 8. The van der Waals surface area contributed by atoms with Crippen LogP contribution < -0.4 is 4.74 Å². The van der Waals surface area contributed by atoms with Gasteiger partial charge in [-0.3, -0.25) is 4.98 Å². The molecule has 0 bridgehead atoms. The van der Waals surface area contributed by atoms with Gasteiger partial charge in [-0.05, 0) is 56.7 Å². The van der Waals surface area contributed by atoms with Crippen LogP contribution >= 0.6 is 11.8 Å². The average molecular weight is 428 g/mol. The molecular formula is C22H25N3O4S. The van der Waals surface area contributed by atoms with Crippen molar-refractivity contribution < 1.29 is 19.0 Å². The van der Waals surface area contributed by atoms with Crippen LogP contribution in [-0.2, 0) is 10.3 Å². The minimum atomic E-state index is -0.998. The van der Waals surface area contributed by atoms with Crippen molar-refractivity contribution in [3.8, 4) is 17.1 Å². The SMILES string of the molecule is COc1ccc(Sc2oc(C3CCOCC3)nc2-c2ccc(C(C)(C)O)nc2)cn1. The number of aromatic nitrogens is 3. The van der Waals surface area contributed by atoms with Crippen LogP contribution in [0.4, 0.5) is 0 Å². The number of oxazole rings is 1. The number of nitrogens with zero attached hydrogens (tertiary/aromatic N) is 3. The van der Waals surface area contributed by atoms with Gasteiger partial charge in [-0.15, -0.1) is 0 Å². The van der Waals surface area contributed by atoms with Crippen LogP contribution in [0.25, 0.3) is 11.3 Å². The van der Waals surface area contributed by atoms with Gasteiger partial charge in [0.2, 0.25) is 5.88 Å². The molecule has 1 aliphatic rings. The summed E-state index contributed by atoms with van der Waals surface area (Å²) in [7, 11) is 1.59. The summed E-state index contributed by atoms with van der Waals surface area (Å²) in [6.45, 7) is 4.86. The topological polar surface area (TPSA) is 90.5 Å². The lowest BCUT2D eigenvalue weighted by Gasteiger charge is -2.18. The Morgan fingerprint density at radius 3 is 2.50 bits per heavy atom. The minimum absolute atomic E-state index is 0.240. The number of hydrogen-bond donors (Lipinski definition) is 1. The number of rotatable bonds is 6. The number of ether oxygens (including phenoxy) is 2. The van der Waals surface area contributed by atoms with Crippen molar-refractivity contribution >= 4 is 11.8 Å².